The Morgan fingerprint density at radius 2 is 2.12 bits per heavy atom. The molecule has 2 aromatic heterocycles. The van der Waals surface area contributed by atoms with Crippen LogP contribution in [0, 0.1) is 17.8 Å². The molecule has 2 N–H and O–H groups in total. The maximum absolute atomic E-state index is 12.8. The first-order valence-electron chi connectivity index (χ1n) is 8.54. The summed E-state index contributed by atoms with van der Waals surface area (Å²) in [7, 11) is 0. The standard InChI is InChI=1S/C17H24N6O/c1-3-5-10-22-14-15(19-9-8-18-4-2)20-12-21-16(14)23(17(22)24)11-13-6-7-13/h12-13,18H,4,6-11H2,1-2H3,(H,19,20,21). The Kier molecular flexibility index (Phi) is 5.16. The minimum atomic E-state index is -0.0464. The molecule has 0 bridgehead atoms. The number of aromatic nitrogens is 4. The highest BCUT2D eigenvalue weighted by atomic mass is 16.1. The van der Waals surface area contributed by atoms with Crippen molar-refractivity contribution < 1.29 is 0 Å². The number of hydrogen-bond donors (Lipinski definition) is 2. The van der Waals surface area contributed by atoms with Crippen LogP contribution >= 0.6 is 0 Å². The van der Waals surface area contributed by atoms with E-state index in [0.29, 0.717) is 23.9 Å². The molecule has 1 aliphatic rings. The first-order chi connectivity index (χ1) is 11.8. The minimum Gasteiger partial charge on any atom is -0.367 e. The first-order valence-corrected chi connectivity index (χ1v) is 8.54. The van der Waals surface area contributed by atoms with Crippen LogP contribution in [0.4, 0.5) is 5.82 Å². The SMILES string of the molecule is CC#CCn1c(=O)n(CC2CC2)c2ncnc(NCCNCC)c21. The number of rotatable bonds is 8. The second kappa shape index (κ2) is 7.49. The largest absolute Gasteiger partial charge is 0.367 e. The van der Waals surface area contributed by atoms with Crippen LogP contribution in [-0.4, -0.2) is 38.7 Å². The molecule has 0 saturated heterocycles. The summed E-state index contributed by atoms with van der Waals surface area (Å²) < 4.78 is 3.46. The van der Waals surface area contributed by atoms with Crippen LogP contribution in [0.15, 0.2) is 11.1 Å². The maximum atomic E-state index is 12.8. The fourth-order valence-electron chi connectivity index (χ4n) is 2.75. The van der Waals surface area contributed by atoms with Gasteiger partial charge in [0, 0.05) is 19.6 Å². The van der Waals surface area contributed by atoms with E-state index < -0.39 is 0 Å². The second-order valence-corrected chi connectivity index (χ2v) is 6.02. The molecule has 0 amide bonds. The first kappa shape index (κ1) is 16.5. The van der Waals surface area contributed by atoms with Crippen molar-refractivity contribution in [3.05, 3.63) is 16.8 Å². The summed E-state index contributed by atoms with van der Waals surface area (Å²) in [5.41, 5.74) is 1.41. The van der Waals surface area contributed by atoms with Gasteiger partial charge in [-0.3, -0.25) is 9.13 Å². The van der Waals surface area contributed by atoms with Gasteiger partial charge in [0.1, 0.15) is 11.8 Å². The van der Waals surface area contributed by atoms with Gasteiger partial charge in [0.2, 0.25) is 0 Å². The lowest BCUT2D eigenvalue weighted by atomic mass is 10.4. The van der Waals surface area contributed by atoms with E-state index in [1.807, 2.05) is 0 Å². The Hall–Kier alpha value is -2.33. The lowest BCUT2D eigenvalue weighted by molar-refractivity contribution is 0.600. The molecule has 7 heteroatoms. The van der Waals surface area contributed by atoms with E-state index in [0.717, 1.165) is 31.7 Å². The zero-order valence-corrected chi connectivity index (χ0v) is 14.3. The van der Waals surface area contributed by atoms with Crippen molar-refractivity contribution in [2.45, 2.75) is 39.8 Å². The van der Waals surface area contributed by atoms with Crippen LogP contribution in [0.2, 0.25) is 0 Å². The predicted molar refractivity (Wildman–Crippen MR) is 95.0 cm³/mol. The second-order valence-electron chi connectivity index (χ2n) is 6.02. The Morgan fingerprint density at radius 3 is 2.83 bits per heavy atom. The van der Waals surface area contributed by atoms with Gasteiger partial charge < -0.3 is 10.6 Å². The van der Waals surface area contributed by atoms with Gasteiger partial charge >= 0.3 is 5.69 Å². The van der Waals surface area contributed by atoms with Crippen LogP contribution in [-0.2, 0) is 13.1 Å². The van der Waals surface area contributed by atoms with Gasteiger partial charge in [0.25, 0.3) is 0 Å². The van der Waals surface area contributed by atoms with Gasteiger partial charge in [-0.15, -0.1) is 5.92 Å². The van der Waals surface area contributed by atoms with Gasteiger partial charge in [-0.2, -0.15) is 0 Å². The summed E-state index contributed by atoms with van der Waals surface area (Å²) in [6, 6.07) is 0. The molecule has 2 heterocycles. The third kappa shape index (κ3) is 3.44. The average molecular weight is 328 g/mol. The Balaban J connectivity index is 2.00. The van der Waals surface area contributed by atoms with Gasteiger partial charge in [-0.1, -0.05) is 12.8 Å². The van der Waals surface area contributed by atoms with Crippen LogP contribution in [0.5, 0.6) is 0 Å². The number of hydrogen-bond acceptors (Lipinski definition) is 5. The third-order valence-electron chi connectivity index (χ3n) is 4.19. The van der Waals surface area contributed by atoms with Crippen LogP contribution in [0.3, 0.4) is 0 Å². The maximum Gasteiger partial charge on any atom is 0.331 e. The Labute approximate surface area is 141 Å². The van der Waals surface area contributed by atoms with Crippen molar-refractivity contribution in [2.75, 3.05) is 25.0 Å². The number of imidazole rings is 1. The van der Waals surface area contributed by atoms with Gasteiger partial charge in [-0.25, -0.2) is 14.8 Å². The van der Waals surface area contributed by atoms with Crippen molar-refractivity contribution in [1.29, 1.82) is 0 Å². The molecule has 0 aliphatic heterocycles. The number of nitrogens with one attached hydrogen (secondary N) is 2. The lowest BCUT2D eigenvalue weighted by Crippen LogP contribution is -2.25. The van der Waals surface area contributed by atoms with Gasteiger partial charge in [0.15, 0.2) is 11.5 Å². The van der Waals surface area contributed by atoms with Crippen molar-refractivity contribution in [2.24, 2.45) is 5.92 Å². The molecular formula is C17H24N6O. The highest BCUT2D eigenvalue weighted by Crippen LogP contribution is 2.31. The molecule has 0 radical (unpaired) electrons. The molecule has 2 aromatic rings. The van der Waals surface area contributed by atoms with Crippen LogP contribution < -0.4 is 16.3 Å². The average Bonchev–Trinajstić information content (AvgIpc) is 3.37. The smallest absolute Gasteiger partial charge is 0.331 e. The number of nitrogens with zero attached hydrogens (tertiary/aromatic N) is 4. The Bertz CT molecular complexity index is 821. The summed E-state index contributed by atoms with van der Waals surface area (Å²) in [5, 5.41) is 6.58. The molecule has 24 heavy (non-hydrogen) atoms. The lowest BCUT2D eigenvalue weighted by Gasteiger charge is -2.08. The summed E-state index contributed by atoms with van der Waals surface area (Å²) >= 11 is 0. The van der Waals surface area contributed by atoms with Gasteiger partial charge in [-0.05, 0) is 32.2 Å². The topological polar surface area (TPSA) is 76.8 Å². The van der Waals surface area contributed by atoms with Crippen molar-refractivity contribution in [3.63, 3.8) is 0 Å². The predicted octanol–water partition coefficient (Wildman–Crippen LogP) is 1.05. The van der Waals surface area contributed by atoms with E-state index >= 15 is 0 Å². The Morgan fingerprint density at radius 1 is 1.29 bits per heavy atom. The van der Waals surface area contributed by atoms with E-state index in [9.17, 15) is 4.79 Å². The molecule has 128 valence electrons. The molecule has 1 aliphatic carbocycles. The van der Waals surface area contributed by atoms with E-state index in [1.165, 1.54) is 19.2 Å². The van der Waals surface area contributed by atoms with Crippen LogP contribution in [0.1, 0.15) is 26.7 Å². The fourth-order valence-corrected chi connectivity index (χ4v) is 2.75. The zero-order valence-electron chi connectivity index (χ0n) is 14.3. The molecule has 0 spiro atoms. The van der Waals surface area contributed by atoms with Gasteiger partial charge in [0.05, 0.1) is 6.54 Å². The van der Waals surface area contributed by atoms with Crippen LogP contribution in [0.25, 0.3) is 11.2 Å². The minimum absolute atomic E-state index is 0.0464. The van der Waals surface area contributed by atoms with Crippen molar-refractivity contribution >= 4 is 17.0 Å². The highest BCUT2D eigenvalue weighted by molar-refractivity contribution is 5.83. The molecular weight excluding hydrogens is 304 g/mol. The molecule has 1 saturated carbocycles. The number of anilines is 1. The monoisotopic (exact) mass is 328 g/mol. The van der Waals surface area contributed by atoms with Crippen molar-refractivity contribution in [3.8, 4) is 11.8 Å². The molecule has 1 fully saturated rings. The number of fused-ring (bicyclic) bond motifs is 1. The molecule has 3 rings (SSSR count). The normalized spacial score (nSPS) is 13.8. The van der Waals surface area contributed by atoms with E-state index in [2.05, 4.69) is 39.4 Å². The van der Waals surface area contributed by atoms with Crippen molar-refractivity contribution in [1.82, 2.24) is 24.4 Å². The summed E-state index contributed by atoms with van der Waals surface area (Å²) in [6.45, 7) is 7.44. The molecule has 0 atom stereocenters. The quantitative estimate of drug-likeness (QED) is 0.559. The summed E-state index contributed by atoms with van der Waals surface area (Å²) in [6.07, 6.45) is 3.90. The summed E-state index contributed by atoms with van der Waals surface area (Å²) in [4.78, 5) is 21.6. The molecule has 0 aromatic carbocycles. The van der Waals surface area contributed by atoms with E-state index in [4.69, 9.17) is 0 Å². The van der Waals surface area contributed by atoms with E-state index in [1.54, 1.807) is 16.1 Å². The summed E-state index contributed by atoms with van der Waals surface area (Å²) in [5.74, 6) is 7.14. The molecule has 7 nitrogen and oxygen atoms in total. The molecule has 0 unspecified atom stereocenters. The van der Waals surface area contributed by atoms with E-state index in [-0.39, 0.29) is 5.69 Å². The zero-order chi connectivity index (χ0) is 16.9. The third-order valence-corrected chi connectivity index (χ3v) is 4.19. The fraction of sp³-hybridized carbons (Fsp3) is 0.588. The number of likely N-dealkylation sites (N-methyl/N-ethyl adjacent to an activating group) is 1. The highest BCUT2D eigenvalue weighted by Gasteiger charge is 2.26.